The van der Waals surface area contributed by atoms with E-state index in [4.69, 9.17) is 27.6 Å². The van der Waals surface area contributed by atoms with Crippen molar-refractivity contribution in [2.75, 3.05) is 0 Å². The predicted molar refractivity (Wildman–Crippen MR) is 79.6 cm³/mol. The molecule has 0 aliphatic heterocycles. The third kappa shape index (κ3) is 3.21. The van der Waals surface area contributed by atoms with Crippen molar-refractivity contribution in [3.63, 3.8) is 0 Å². The lowest BCUT2D eigenvalue weighted by Crippen LogP contribution is -2.19. The Labute approximate surface area is 126 Å². The van der Waals surface area contributed by atoms with Crippen molar-refractivity contribution >= 4 is 34.8 Å². The summed E-state index contributed by atoms with van der Waals surface area (Å²) in [5.41, 5.74) is 4.20. The summed E-state index contributed by atoms with van der Waals surface area (Å²) in [6.07, 6.45) is 1.46. The van der Waals surface area contributed by atoms with Crippen LogP contribution in [0, 0.1) is 6.92 Å². The quantitative estimate of drug-likeness (QED) is 0.687. The van der Waals surface area contributed by atoms with Crippen LogP contribution in [-0.2, 0) is 0 Å². The Bertz CT molecular complexity index is 678. The number of aryl methyl sites for hydroxylation is 1. The van der Waals surface area contributed by atoms with Crippen molar-refractivity contribution in [3.8, 4) is 0 Å². The van der Waals surface area contributed by atoms with E-state index in [9.17, 15) is 4.79 Å². The molecule has 1 aromatic heterocycles. The van der Waals surface area contributed by atoms with Gasteiger partial charge in [-0.1, -0.05) is 29.3 Å². The number of hydrogen-bond donors (Lipinski definition) is 1. The van der Waals surface area contributed by atoms with Gasteiger partial charge in [0, 0.05) is 10.6 Å². The minimum atomic E-state index is -0.333. The number of rotatable bonds is 3. The Morgan fingerprint density at radius 1 is 1.25 bits per heavy atom. The zero-order valence-electron chi connectivity index (χ0n) is 10.9. The highest BCUT2D eigenvalue weighted by Crippen LogP contribution is 2.21. The maximum Gasteiger partial charge on any atom is 0.274 e. The second-order valence-corrected chi connectivity index (χ2v) is 5.00. The van der Waals surface area contributed by atoms with Crippen molar-refractivity contribution < 1.29 is 9.21 Å². The number of benzene rings is 1. The van der Waals surface area contributed by atoms with Gasteiger partial charge in [-0.2, -0.15) is 5.10 Å². The van der Waals surface area contributed by atoms with Crippen LogP contribution in [0.25, 0.3) is 0 Å². The van der Waals surface area contributed by atoms with Crippen LogP contribution >= 0.6 is 23.2 Å². The molecule has 1 aromatic carbocycles. The molecule has 0 aliphatic carbocycles. The molecule has 20 heavy (non-hydrogen) atoms. The summed E-state index contributed by atoms with van der Waals surface area (Å²) in [5.74, 6) is 0.209. The van der Waals surface area contributed by atoms with Gasteiger partial charge in [0.2, 0.25) is 0 Å². The Kier molecular flexibility index (Phi) is 4.47. The largest absolute Gasteiger partial charge is 0.469 e. The molecule has 2 rings (SSSR count). The van der Waals surface area contributed by atoms with Gasteiger partial charge in [0.15, 0.2) is 0 Å². The van der Waals surface area contributed by atoms with Gasteiger partial charge < -0.3 is 4.42 Å². The van der Waals surface area contributed by atoms with Crippen LogP contribution in [0.5, 0.6) is 0 Å². The summed E-state index contributed by atoms with van der Waals surface area (Å²) >= 11 is 11.9. The van der Waals surface area contributed by atoms with Gasteiger partial charge in [-0.3, -0.25) is 4.79 Å². The second-order valence-electron chi connectivity index (χ2n) is 4.15. The molecular formula is C14H12Cl2N2O2. The first kappa shape index (κ1) is 14.6. The zero-order chi connectivity index (χ0) is 14.7. The Morgan fingerprint density at radius 3 is 2.60 bits per heavy atom. The number of nitrogens with one attached hydrogen (secondary N) is 1. The summed E-state index contributed by atoms with van der Waals surface area (Å²) in [6.45, 7) is 3.46. The molecule has 1 heterocycles. The average molecular weight is 311 g/mol. The molecule has 0 saturated carbocycles. The topological polar surface area (TPSA) is 54.6 Å². The molecule has 0 bridgehead atoms. The van der Waals surface area contributed by atoms with Crippen molar-refractivity contribution in [1.82, 2.24) is 5.43 Å². The average Bonchev–Trinajstić information content (AvgIpc) is 2.82. The van der Waals surface area contributed by atoms with Gasteiger partial charge in [-0.05, 0) is 32.0 Å². The van der Waals surface area contributed by atoms with Crippen LogP contribution in [0.4, 0.5) is 0 Å². The highest BCUT2D eigenvalue weighted by atomic mass is 35.5. The normalized spacial score (nSPS) is 11.5. The van der Waals surface area contributed by atoms with Crippen molar-refractivity contribution in [3.05, 3.63) is 57.5 Å². The van der Waals surface area contributed by atoms with E-state index in [0.717, 1.165) is 0 Å². The number of halogens is 2. The van der Waals surface area contributed by atoms with Gasteiger partial charge in [0.25, 0.3) is 5.91 Å². The number of nitrogens with zero attached hydrogens (tertiary/aromatic N) is 1. The molecule has 1 N–H and O–H groups in total. The van der Waals surface area contributed by atoms with Crippen LogP contribution in [-0.4, -0.2) is 11.6 Å². The van der Waals surface area contributed by atoms with E-state index in [1.54, 1.807) is 38.1 Å². The second kappa shape index (κ2) is 6.11. The first-order valence-electron chi connectivity index (χ1n) is 5.83. The molecule has 2 aromatic rings. The van der Waals surface area contributed by atoms with Gasteiger partial charge >= 0.3 is 0 Å². The van der Waals surface area contributed by atoms with E-state index >= 15 is 0 Å². The van der Waals surface area contributed by atoms with E-state index in [1.807, 2.05) is 0 Å². The van der Waals surface area contributed by atoms with Gasteiger partial charge in [0.05, 0.1) is 22.6 Å². The monoisotopic (exact) mass is 310 g/mol. The number of hydrazone groups is 1. The third-order valence-corrected chi connectivity index (χ3v) is 3.30. The fourth-order valence-electron chi connectivity index (χ4n) is 1.66. The maximum atomic E-state index is 11.9. The molecule has 0 aliphatic rings. The van der Waals surface area contributed by atoms with E-state index in [2.05, 4.69) is 10.5 Å². The summed E-state index contributed by atoms with van der Waals surface area (Å²) in [5, 5.41) is 5.05. The Morgan fingerprint density at radius 2 is 2.00 bits per heavy atom. The van der Waals surface area contributed by atoms with Gasteiger partial charge in [-0.25, -0.2) is 5.43 Å². The number of carbonyl (C=O) groups excluding carboxylic acids is 1. The molecule has 4 nitrogen and oxygen atoms in total. The highest BCUT2D eigenvalue weighted by Gasteiger charge is 2.11. The fourth-order valence-corrected chi connectivity index (χ4v) is 2.20. The predicted octanol–water partition coefficient (Wildman–Crippen LogP) is 4.05. The van der Waals surface area contributed by atoms with Crippen molar-refractivity contribution in [2.24, 2.45) is 5.10 Å². The lowest BCUT2D eigenvalue weighted by atomic mass is 10.1. The van der Waals surface area contributed by atoms with E-state index in [-0.39, 0.29) is 5.91 Å². The third-order valence-electron chi connectivity index (χ3n) is 2.75. The SMILES string of the molecule is CC(=NNC(=O)c1ccoc1C)c1ccc(Cl)cc1Cl. The van der Waals surface area contributed by atoms with Crippen LogP contribution in [0.1, 0.15) is 28.6 Å². The number of hydrogen-bond acceptors (Lipinski definition) is 3. The van der Waals surface area contributed by atoms with Crippen LogP contribution in [0.3, 0.4) is 0 Å². The number of amides is 1. The molecule has 0 atom stereocenters. The molecule has 0 unspecified atom stereocenters. The lowest BCUT2D eigenvalue weighted by Gasteiger charge is -2.05. The maximum absolute atomic E-state index is 11.9. The fraction of sp³-hybridized carbons (Fsp3) is 0.143. The van der Waals surface area contributed by atoms with Crippen molar-refractivity contribution in [1.29, 1.82) is 0 Å². The van der Waals surface area contributed by atoms with Crippen molar-refractivity contribution in [2.45, 2.75) is 13.8 Å². The first-order chi connectivity index (χ1) is 9.49. The zero-order valence-corrected chi connectivity index (χ0v) is 12.4. The van der Waals surface area contributed by atoms with Crippen LogP contribution in [0.2, 0.25) is 10.0 Å². The first-order valence-corrected chi connectivity index (χ1v) is 6.59. The Hall–Kier alpha value is -1.78. The van der Waals surface area contributed by atoms with E-state index in [0.29, 0.717) is 32.6 Å². The standard InChI is InChI=1S/C14H12Cl2N2O2/c1-8(11-4-3-10(15)7-13(11)16)17-18-14(19)12-5-6-20-9(12)2/h3-7H,1-2H3,(H,18,19). The summed E-state index contributed by atoms with van der Waals surface area (Å²) in [4.78, 5) is 11.9. The van der Waals surface area contributed by atoms with Crippen LogP contribution < -0.4 is 5.43 Å². The van der Waals surface area contributed by atoms with E-state index < -0.39 is 0 Å². The summed E-state index contributed by atoms with van der Waals surface area (Å²) < 4.78 is 5.06. The minimum Gasteiger partial charge on any atom is -0.469 e. The summed E-state index contributed by atoms with van der Waals surface area (Å²) in [7, 11) is 0. The Balaban J connectivity index is 2.15. The summed E-state index contributed by atoms with van der Waals surface area (Å²) in [6, 6.07) is 6.67. The number of carbonyl (C=O) groups is 1. The molecule has 104 valence electrons. The molecule has 1 amide bonds. The lowest BCUT2D eigenvalue weighted by molar-refractivity contribution is 0.0953. The molecule has 0 spiro atoms. The minimum absolute atomic E-state index is 0.333. The molecule has 0 saturated heterocycles. The molecule has 6 heteroatoms. The smallest absolute Gasteiger partial charge is 0.274 e. The van der Waals surface area contributed by atoms with Gasteiger partial charge in [-0.15, -0.1) is 0 Å². The van der Waals surface area contributed by atoms with Gasteiger partial charge in [0.1, 0.15) is 5.76 Å². The molecular weight excluding hydrogens is 299 g/mol. The highest BCUT2D eigenvalue weighted by molar-refractivity contribution is 6.37. The number of furan rings is 1. The van der Waals surface area contributed by atoms with E-state index in [1.165, 1.54) is 6.26 Å². The molecule has 0 fully saturated rings. The van der Waals surface area contributed by atoms with Crippen LogP contribution in [0.15, 0.2) is 40.0 Å². The molecule has 0 radical (unpaired) electrons.